The van der Waals surface area contributed by atoms with Gasteiger partial charge in [-0.15, -0.1) is 0 Å². The molecule has 0 spiro atoms. The molecule has 2 fully saturated rings. The van der Waals surface area contributed by atoms with Gasteiger partial charge in [0.15, 0.2) is 6.61 Å². The number of amides is 3. The minimum Gasteiger partial charge on any atom is -0.455 e. The van der Waals surface area contributed by atoms with Gasteiger partial charge in [-0.25, -0.2) is 0 Å². The molecule has 0 aromatic heterocycles. The molecule has 1 aromatic rings. The van der Waals surface area contributed by atoms with Crippen LogP contribution in [0.5, 0.6) is 0 Å². The lowest BCUT2D eigenvalue weighted by Gasteiger charge is -2.23. The molecular formula is C23H31N3O5. The number of likely N-dealkylation sites (tertiary alicyclic amines) is 1. The Morgan fingerprint density at radius 2 is 1.87 bits per heavy atom. The van der Waals surface area contributed by atoms with E-state index in [1.54, 1.807) is 29.2 Å². The third-order valence-electron chi connectivity index (χ3n) is 5.72. The molecule has 31 heavy (non-hydrogen) atoms. The van der Waals surface area contributed by atoms with E-state index in [9.17, 15) is 19.2 Å². The molecule has 1 aliphatic carbocycles. The fourth-order valence-electron chi connectivity index (χ4n) is 4.08. The largest absolute Gasteiger partial charge is 0.455 e. The van der Waals surface area contributed by atoms with Crippen LogP contribution in [-0.4, -0.2) is 54.3 Å². The Balaban J connectivity index is 1.50. The Morgan fingerprint density at radius 1 is 1.16 bits per heavy atom. The van der Waals surface area contributed by atoms with E-state index in [0.29, 0.717) is 30.3 Å². The Bertz CT molecular complexity index is 832. The Hall–Kier alpha value is -2.90. The van der Waals surface area contributed by atoms with Gasteiger partial charge in [-0.1, -0.05) is 38.8 Å². The molecule has 0 unspecified atom stereocenters. The van der Waals surface area contributed by atoms with Crippen molar-refractivity contribution in [3.05, 3.63) is 29.8 Å². The summed E-state index contributed by atoms with van der Waals surface area (Å²) in [6.07, 6.45) is 4.33. The molecule has 1 atom stereocenters. The van der Waals surface area contributed by atoms with Crippen molar-refractivity contribution in [2.75, 3.05) is 25.0 Å². The van der Waals surface area contributed by atoms with Gasteiger partial charge in [0.2, 0.25) is 5.91 Å². The first-order valence-corrected chi connectivity index (χ1v) is 11.0. The Kier molecular flexibility index (Phi) is 7.65. The maximum atomic E-state index is 12.4. The normalized spacial score (nSPS) is 19.0. The number of nitrogens with one attached hydrogen (secondary N) is 2. The number of hydrogen-bond acceptors (Lipinski definition) is 5. The van der Waals surface area contributed by atoms with E-state index in [0.717, 1.165) is 25.7 Å². The number of esters is 1. The van der Waals surface area contributed by atoms with E-state index in [1.807, 2.05) is 13.8 Å². The van der Waals surface area contributed by atoms with Crippen LogP contribution in [0.15, 0.2) is 24.3 Å². The van der Waals surface area contributed by atoms with E-state index >= 15 is 0 Å². The lowest BCUT2D eigenvalue weighted by atomic mass is 10.1. The quantitative estimate of drug-likeness (QED) is 0.617. The summed E-state index contributed by atoms with van der Waals surface area (Å²) in [5, 5.41) is 5.45. The molecule has 0 bridgehead atoms. The number of hydrogen-bond donors (Lipinski definition) is 2. The summed E-state index contributed by atoms with van der Waals surface area (Å²) >= 11 is 0. The molecule has 1 aliphatic heterocycles. The molecule has 1 saturated carbocycles. The SMILES string of the molecule is CC(C)CNC(=O)c1ccccc1NC(=O)COC(=O)[C@H]1CC(=O)N(C2CCCC2)C1. The molecule has 8 heteroatoms. The number of ether oxygens (including phenoxy) is 1. The highest BCUT2D eigenvalue weighted by atomic mass is 16.5. The van der Waals surface area contributed by atoms with E-state index in [2.05, 4.69) is 10.6 Å². The van der Waals surface area contributed by atoms with Crippen molar-refractivity contribution in [1.82, 2.24) is 10.2 Å². The fraction of sp³-hybridized carbons (Fsp3) is 0.565. The minimum atomic E-state index is -0.535. The molecular weight excluding hydrogens is 398 g/mol. The lowest BCUT2D eigenvalue weighted by Crippen LogP contribution is -2.35. The van der Waals surface area contributed by atoms with Gasteiger partial charge < -0.3 is 20.3 Å². The van der Waals surface area contributed by atoms with Crippen molar-refractivity contribution >= 4 is 29.4 Å². The van der Waals surface area contributed by atoms with Crippen molar-refractivity contribution in [1.29, 1.82) is 0 Å². The first kappa shape index (κ1) is 22.8. The highest BCUT2D eigenvalue weighted by Crippen LogP contribution is 2.29. The zero-order valence-corrected chi connectivity index (χ0v) is 18.2. The maximum absolute atomic E-state index is 12.4. The molecule has 2 aliphatic rings. The number of carbonyl (C=O) groups is 4. The summed E-state index contributed by atoms with van der Waals surface area (Å²) in [5.41, 5.74) is 0.699. The molecule has 0 radical (unpaired) electrons. The third kappa shape index (κ3) is 6.06. The second kappa shape index (κ2) is 10.4. The van der Waals surface area contributed by atoms with Crippen molar-refractivity contribution in [2.45, 2.75) is 52.0 Å². The monoisotopic (exact) mass is 429 g/mol. The van der Waals surface area contributed by atoms with Gasteiger partial charge in [0.1, 0.15) is 0 Å². The fourth-order valence-corrected chi connectivity index (χ4v) is 4.08. The second-order valence-electron chi connectivity index (χ2n) is 8.69. The molecule has 168 valence electrons. The number of anilines is 1. The maximum Gasteiger partial charge on any atom is 0.311 e. The first-order valence-electron chi connectivity index (χ1n) is 11.0. The van der Waals surface area contributed by atoms with Crippen molar-refractivity contribution < 1.29 is 23.9 Å². The van der Waals surface area contributed by atoms with Crippen LogP contribution >= 0.6 is 0 Å². The summed E-state index contributed by atoms with van der Waals surface area (Å²) in [6.45, 7) is 4.41. The Labute approximate surface area is 182 Å². The zero-order chi connectivity index (χ0) is 22.4. The molecule has 3 amide bonds. The van der Waals surface area contributed by atoms with Crippen LogP contribution in [0.1, 0.15) is 56.3 Å². The smallest absolute Gasteiger partial charge is 0.311 e. The summed E-state index contributed by atoms with van der Waals surface area (Å²) in [6, 6.07) is 6.90. The van der Waals surface area contributed by atoms with Gasteiger partial charge in [-0.05, 0) is 30.9 Å². The molecule has 1 heterocycles. The van der Waals surface area contributed by atoms with Crippen LogP contribution in [0.25, 0.3) is 0 Å². The van der Waals surface area contributed by atoms with Crippen LogP contribution in [0.3, 0.4) is 0 Å². The van der Waals surface area contributed by atoms with E-state index in [1.165, 1.54) is 0 Å². The molecule has 1 aromatic carbocycles. The third-order valence-corrected chi connectivity index (χ3v) is 5.72. The number of para-hydroxylation sites is 1. The van der Waals surface area contributed by atoms with Crippen molar-refractivity contribution in [3.63, 3.8) is 0 Å². The van der Waals surface area contributed by atoms with Gasteiger partial charge >= 0.3 is 5.97 Å². The van der Waals surface area contributed by atoms with E-state index in [-0.39, 0.29) is 24.3 Å². The second-order valence-corrected chi connectivity index (χ2v) is 8.69. The van der Waals surface area contributed by atoms with Crippen LogP contribution in [0.4, 0.5) is 5.69 Å². The molecule has 2 N–H and O–H groups in total. The Morgan fingerprint density at radius 3 is 2.58 bits per heavy atom. The van der Waals surface area contributed by atoms with Crippen LogP contribution < -0.4 is 10.6 Å². The number of rotatable bonds is 8. The average molecular weight is 430 g/mol. The van der Waals surface area contributed by atoms with Crippen molar-refractivity contribution in [3.8, 4) is 0 Å². The van der Waals surface area contributed by atoms with Crippen LogP contribution in [0, 0.1) is 11.8 Å². The van der Waals surface area contributed by atoms with Crippen molar-refractivity contribution in [2.24, 2.45) is 11.8 Å². The number of benzene rings is 1. The predicted octanol–water partition coefficient (Wildman–Crippen LogP) is 2.35. The summed E-state index contributed by atoms with van der Waals surface area (Å²) < 4.78 is 5.17. The van der Waals surface area contributed by atoms with E-state index in [4.69, 9.17) is 4.74 Å². The molecule has 8 nitrogen and oxygen atoms in total. The summed E-state index contributed by atoms with van der Waals surface area (Å²) in [4.78, 5) is 51.1. The van der Waals surface area contributed by atoms with E-state index < -0.39 is 24.4 Å². The first-order chi connectivity index (χ1) is 14.8. The average Bonchev–Trinajstić information content (AvgIpc) is 3.40. The van der Waals surface area contributed by atoms with Gasteiger partial charge in [0.25, 0.3) is 11.8 Å². The summed E-state index contributed by atoms with van der Waals surface area (Å²) in [7, 11) is 0. The highest BCUT2D eigenvalue weighted by Gasteiger charge is 2.39. The van der Waals surface area contributed by atoms with Gasteiger partial charge in [0.05, 0.1) is 17.2 Å². The zero-order valence-electron chi connectivity index (χ0n) is 18.2. The van der Waals surface area contributed by atoms with Gasteiger partial charge in [0, 0.05) is 25.6 Å². The van der Waals surface area contributed by atoms with Gasteiger partial charge in [-0.3, -0.25) is 19.2 Å². The predicted molar refractivity (Wildman–Crippen MR) is 115 cm³/mol. The van der Waals surface area contributed by atoms with Crippen LogP contribution in [0.2, 0.25) is 0 Å². The standard InChI is InChI=1S/C23H31N3O5/c1-15(2)12-24-22(29)18-9-5-6-10-19(18)25-20(27)14-31-23(30)16-11-21(28)26(13-16)17-7-3-4-8-17/h5-6,9-10,15-17H,3-4,7-8,11-14H2,1-2H3,(H,24,29)(H,25,27)/t16-/m0/s1. The highest BCUT2D eigenvalue weighted by molar-refractivity contribution is 6.04. The minimum absolute atomic E-state index is 0.0142. The topological polar surface area (TPSA) is 105 Å². The number of carbonyl (C=O) groups excluding carboxylic acids is 4. The summed E-state index contributed by atoms with van der Waals surface area (Å²) in [5.74, 6) is -1.59. The van der Waals surface area contributed by atoms with Gasteiger partial charge in [-0.2, -0.15) is 0 Å². The molecule has 1 saturated heterocycles. The molecule has 3 rings (SSSR count). The number of nitrogens with zero attached hydrogens (tertiary/aromatic N) is 1. The van der Waals surface area contributed by atoms with Crippen LogP contribution in [-0.2, 0) is 19.1 Å². The lowest BCUT2D eigenvalue weighted by molar-refractivity contribution is -0.151.